The van der Waals surface area contributed by atoms with Crippen molar-refractivity contribution in [1.82, 2.24) is 10.3 Å². The minimum absolute atomic E-state index is 0.0670. The van der Waals surface area contributed by atoms with Crippen LogP contribution in [0.15, 0.2) is 42.7 Å². The summed E-state index contributed by atoms with van der Waals surface area (Å²) in [6.07, 6.45) is 10.6. The third-order valence-corrected chi connectivity index (χ3v) is 5.17. The van der Waals surface area contributed by atoms with E-state index in [0.29, 0.717) is 6.04 Å². The molecule has 1 saturated carbocycles. The summed E-state index contributed by atoms with van der Waals surface area (Å²) in [4.78, 5) is 18.6. The number of hydrogen-bond donors (Lipinski definition) is 1. The number of carbonyl (C=O) groups is 1. The summed E-state index contributed by atoms with van der Waals surface area (Å²) in [5.41, 5.74) is 4.66. The largest absolute Gasteiger partial charge is 0.335 e. The molecule has 0 saturated heterocycles. The predicted molar refractivity (Wildman–Crippen MR) is 96.1 cm³/mol. The molecule has 1 N–H and O–H groups in total. The molecule has 0 atom stereocenters. The quantitative estimate of drug-likeness (QED) is 0.903. The van der Waals surface area contributed by atoms with Crippen molar-refractivity contribution in [3.63, 3.8) is 0 Å². The zero-order valence-corrected chi connectivity index (χ0v) is 13.9. The Bertz CT molecular complexity index is 723. The summed E-state index contributed by atoms with van der Waals surface area (Å²) in [5, 5.41) is 3.23. The number of rotatable bonds is 2. The molecule has 0 radical (unpaired) electrons. The molecule has 4 heteroatoms. The van der Waals surface area contributed by atoms with Gasteiger partial charge < -0.3 is 5.32 Å². The Hall–Kier alpha value is -2.36. The average Bonchev–Trinajstić information content (AvgIpc) is 3.06. The van der Waals surface area contributed by atoms with Crippen LogP contribution in [0.4, 0.5) is 10.5 Å². The molecule has 24 heavy (non-hydrogen) atoms. The fraction of sp³-hybridized carbons (Fsp3) is 0.400. The molecule has 4 nitrogen and oxygen atoms in total. The Labute approximate surface area is 142 Å². The number of anilines is 1. The van der Waals surface area contributed by atoms with Crippen LogP contribution in [0.25, 0.3) is 11.1 Å². The zero-order valence-electron chi connectivity index (χ0n) is 13.9. The number of fused-ring (bicyclic) bond motifs is 1. The van der Waals surface area contributed by atoms with E-state index in [2.05, 4.69) is 28.5 Å². The third-order valence-electron chi connectivity index (χ3n) is 5.17. The molecule has 1 fully saturated rings. The van der Waals surface area contributed by atoms with Crippen molar-refractivity contribution in [2.45, 2.75) is 44.6 Å². The van der Waals surface area contributed by atoms with Crippen molar-refractivity contribution in [3.05, 3.63) is 48.3 Å². The van der Waals surface area contributed by atoms with Gasteiger partial charge in [0.15, 0.2) is 0 Å². The number of amides is 2. The lowest BCUT2D eigenvalue weighted by atomic mass is 9.96. The van der Waals surface area contributed by atoms with Gasteiger partial charge in [0.25, 0.3) is 0 Å². The van der Waals surface area contributed by atoms with E-state index in [9.17, 15) is 4.79 Å². The molecule has 124 valence electrons. The van der Waals surface area contributed by atoms with Gasteiger partial charge in [-0.25, -0.2) is 4.79 Å². The summed E-state index contributed by atoms with van der Waals surface area (Å²) in [6.45, 7) is 0.772. The van der Waals surface area contributed by atoms with Crippen LogP contribution in [0.5, 0.6) is 0 Å². The Morgan fingerprint density at radius 1 is 1.04 bits per heavy atom. The molecule has 2 heterocycles. The topological polar surface area (TPSA) is 45.2 Å². The number of nitrogens with zero attached hydrogens (tertiary/aromatic N) is 2. The maximum atomic E-state index is 12.6. The molecule has 2 aliphatic rings. The van der Waals surface area contributed by atoms with E-state index < -0.39 is 0 Å². The summed E-state index contributed by atoms with van der Waals surface area (Å²) >= 11 is 0. The van der Waals surface area contributed by atoms with E-state index in [0.717, 1.165) is 37.1 Å². The van der Waals surface area contributed by atoms with E-state index >= 15 is 0 Å². The molecule has 0 spiro atoms. The van der Waals surface area contributed by atoms with Gasteiger partial charge in [-0.15, -0.1) is 0 Å². The van der Waals surface area contributed by atoms with E-state index in [1.807, 2.05) is 29.4 Å². The van der Waals surface area contributed by atoms with Crippen molar-refractivity contribution in [3.8, 4) is 11.1 Å². The number of aromatic nitrogens is 1. The second kappa shape index (κ2) is 6.63. The normalized spacial score (nSPS) is 17.6. The highest BCUT2D eigenvalue weighted by atomic mass is 16.2. The first kappa shape index (κ1) is 15.2. The van der Waals surface area contributed by atoms with Gasteiger partial charge in [0.2, 0.25) is 0 Å². The summed E-state index contributed by atoms with van der Waals surface area (Å²) < 4.78 is 0. The second-order valence-corrected chi connectivity index (χ2v) is 6.77. The van der Waals surface area contributed by atoms with E-state index in [1.54, 1.807) is 0 Å². The average molecular weight is 321 g/mol. The van der Waals surface area contributed by atoms with Gasteiger partial charge in [-0.1, -0.05) is 25.3 Å². The molecule has 0 bridgehead atoms. The number of benzene rings is 1. The smallest absolute Gasteiger partial charge is 0.322 e. The molecular weight excluding hydrogens is 298 g/mol. The van der Waals surface area contributed by atoms with Crippen LogP contribution >= 0.6 is 0 Å². The van der Waals surface area contributed by atoms with Gasteiger partial charge in [0.1, 0.15) is 0 Å². The van der Waals surface area contributed by atoms with Crippen molar-refractivity contribution in [1.29, 1.82) is 0 Å². The fourth-order valence-electron chi connectivity index (χ4n) is 3.84. The van der Waals surface area contributed by atoms with Gasteiger partial charge in [0, 0.05) is 30.7 Å². The van der Waals surface area contributed by atoms with E-state index in [-0.39, 0.29) is 6.03 Å². The van der Waals surface area contributed by atoms with E-state index in [4.69, 9.17) is 0 Å². The van der Waals surface area contributed by atoms with Gasteiger partial charge >= 0.3 is 6.03 Å². The molecule has 1 aromatic carbocycles. The summed E-state index contributed by atoms with van der Waals surface area (Å²) in [6, 6.07) is 10.8. The Kier molecular flexibility index (Phi) is 4.20. The van der Waals surface area contributed by atoms with Crippen LogP contribution in [0.2, 0.25) is 0 Å². The number of nitrogens with one attached hydrogen (secondary N) is 1. The number of pyridine rings is 1. The SMILES string of the molecule is O=C(NC1CCCCC1)N1CCc2cc(-c3ccncc3)ccc21. The van der Waals surface area contributed by atoms with Gasteiger partial charge in [-0.2, -0.15) is 0 Å². The van der Waals surface area contributed by atoms with Crippen molar-refractivity contribution in [2.75, 3.05) is 11.4 Å². The number of hydrogen-bond acceptors (Lipinski definition) is 2. The van der Waals surface area contributed by atoms with Crippen LogP contribution in [-0.4, -0.2) is 23.6 Å². The second-order valence-electron chi connectivity index (χ2n) is 6.77. The molecule has 2 amide bonds. The highest BCUT2D eigenvalue weighted by molar-refractivity contribution is 5.94. The molecule has 2 aromatic rings. The lowest BCUT2D eigenvalue weighted by Gasteiger charge is -2.26. The zero-order chi connectivity index (χ0) is 16.4. The molecule has 0 unspecified atom stereocenters. The Morgan fingerprint density at radius 2 is 1.83 bits per heavy atom. The van der Waals surface area contributed by atoms with Crippen LogP contribution in [0.3, 0.4) is 0 Å². The first-order valence-electron chi connectivity index (χ1n) is 8.92. The molecule has 4 rings (SSSR count). The highest BCUT2D eigenvalue weighted by Crippen LogP contribution is 2.32. The maximum Gasteiger partial charge on any atom is 0.322 e. The standard InChI is InChI=1S/C20H23N3O/c24-20(22-18-4-2-1-3-5-18)23-13-10-17-14-16(6-7-19(17)23)15-8-11-21-12-9-15/h6-9,11-12,14,18H,1-5,10,13H2,(H,22,24). The van der Waals surface area contributed by atoms with Gasteiger partial charge in [0.05, 0.1) is 0 Å². The van der Waals surface area contributed by atoms with Gasteiger partial charge in [-0.05, 0) is 60.2 Å². The number of urea groups is 1. The first-order valence-corrected chi connectivity index (χ1v) is 8.92. The molecule has 1 aromatic heterocycles. The first-order chi connectivity index (χ1) is 11.8. The monoisotopic (exact) mass is 321 g/mol. The molecule has 1 aliphatic carbocycles. The van der Waals surface area contributed by atoms with Crippen LogP contribution in [0, 0.1) is 0 Å². The third kappa shape index (κ3) is 3.01. The lowest BCUT2D eigenvalue weighted by Crippen LogP contribution is -2.45. The Balaban J connectivity index is 1.50. The fourth-order valence-corrected chi connectivity index (χ4v) is 3.84. The molecule has 1 aliphatic heterocycles. The lowest BCUT2D eigenvalue weighted by molar-refractivity contribution is 0.238. The van der Waals surface area contributed by atoms with E-state index in [1.165, 1.54) is 30.4 Å². The van der Waals surface area contributed by atoms with Crippen LogP contribution in [-0.2, 0) is 6.42 Å². The highest BCUT2D eigenvalue weighted by Gasteiger charge is 2.26. The number of carbonyl (C=O) groups excluding carboxylic acids is 1. The minimum Gasteiger partial charge on any atom is -0.335 e. The Morgan fingerprint density at radius 3 is 2.62 bits per heavy atom. The van der Waals surface area contributed by atoms with Crippen LogP contribution in [0.1, 0.15) is 37.7 Å². The van der Waals surface area contributed by atoms with Crippen molar-refractivity contribution in [2.24, 2.45) is 0 Å². The minimum atomic E-state index is 0.0670. The summed E-state index contributed by atoms with van der Waals surface area (Å²) in [5.74, 6) is 0. The van der Waals surface area contributed by atoms with Crippen molar-refractivity contribution < 1.29 is 4.79 Å². The van der Waals surface area contributed by atoms with Crippen LogP contribution < -0.4 is 10.2 Å². The van der Waals surface area contributed by atoms with Gasteiger partial charge in [-0.3, -0.25) is 9.88 Å². The summed E-state index contributed by atoms with van der Waals surface area (Å²) in [7, 11) is 0. The maximum absolute atomic E-state index is 12.6. The molecular formula is C20H23N3O. The van der Waals surface area contributed by atoms with Crippen molar-refractivity contribution >= 4 is 11.7 Å². The predicted octanol–water partition coefficient (Wildman–Crippen LogP) is 4.15.